The van der Waals surface area contributed by atoms with Gasteiger partial charge in [-0.3, -0.25) is 4.79 Å². The molecule has 0 aromatic rings. The van der Waals surface area contributed by atoms with Crippen molar-refractivity contribution >= 4 is 5.97 Å². The molecule has 0 amide bonds. The summed E-state index contributed by atoms with van der Waals surface area (Å²) in [4.78, 5) is 11.1. The monoisotopic (exact) mass is 183 g/mol. The first-order chi connectivity index (χ1) is 6.11. The third kappa shape index (κ3) is 5.26. The van der Waals surface area contributed by atoms with Gasteiger partial charge in [-0.1, -0.05) is 12.8 Å². The molecule has 0 aliphatic rings. The Kier molecular flexibility index (Phi) is 5.99. The predicted molar refractivity (Wildman–Crippen MR) is 52.1 cm³/mol. The zero-order valence-electron chi connectivity index (χ0n) is 8.46. The maximum atomic E-state index is 11.1. The summed E-state index contributed by atoms with van der Waals surface area (Å²) in [5.74, 6) is 2.20. The van der Waals surface area contributed by atoms with Crippen molar-refractivity contribution in [3.05, 3.63) is 0 Å². The van der Waals surface area contributed by atoms with Crippen molar-refractivity contribution in [1.29, 1.82) is 0 Å². The summed E-state index contributed by atoms with van der Waals surface area (Å²) < 4.78 is 4.84. The van der Waals surface area contributed by atoms with E-state index in [0.29, 0.717) is 13.2 Å². The first kappa shape index (κ1) is 12.0. The molecule has 0 heterocycles. The summed E-state index contributed by atoms with van der Waals surface area (Å²) in [7, 11) is 0. The fourth-order valence-corrected chi connectivity index (χ4v) is 0.780. The van der Waals surface area contributed by atoms with Crippen LogP contribution < -0.4 is 5.32 Å². The van der Waals surface area contributed by atoms with Crippen molar-refractivity contribution in [1.82, 2.24) is 5.32 Å². The van der Waals surface area contributed by atoms with Crippen LogP contribution in [0.25, 0.3) is 0 Å². The van der Waals surface area contributed by atoms with Gasteiger partial charge in [-0.05, 0) is 13.8 Å². The van der Waals surface area contributed by atoms with Gasteiger partial charge in [0, 0.05) is 6.54 Å². The van der Waals surface area contributed by atoms with Crippen LogP contribution in [-0.2, 0) is 9.53 Å². The third-order valence-corrected chi connectivity index (χ3v) is 1.67. The van der Waals surface area contributed by atoms with E-state index in [2.05, 4.69) is 11.2 Å². The highest BCUT2D eigenvalue weighted by atomic mass is 16.5. The standard InChI is InChI=1S/C10H17NO2/c1-5-9(4)11-7-8(3)10(12)13-6-2/h1,8-9,11H,6-7H2,2-4H3. The van der Waals surface area contributed by atoms with Gasteiger partial charge in [0.1, 0.15) is 0 Å². The second-order valence-electron chi connectivity index (χ2n) is 2.95. The Labute approximate surface area is 79.8 Å². The Morgan fingerprint density at radius 1 is 1.62 bits per heavy atom. The molecule has 0 spiro atoms. The lowest BCUT2D eigenvalue weighted by Crippen LogP contribution is -2.33. The number of esters is 1. The second kappa shape index (κ2) is 6.50. The van der Waals surface area contributed by atoms with Gasteiger partial charge < -0.3 is 10.1 Å². The molecule has 3 nitrogen and oxygen atoms in total. The van der Waals surface area contributed by atoms with Crippen molar-refractivity contribution in [2.24, 2.45) is 5.92 Å². The molecule has 2 unspecified atom stereocenters. The molecule has 0 saturated carbocycles. The van der Waals surface area contributed by atoms with E-state index >= 15 is 0 Å². The van der Waals surface area contributed by atoms with E-state index in [0.717, 1.165) is 0 Å². The number of carbonyl (C=O) groups is 1. The largest absolute Gasteiger partial charge is 0.466 e. The second-order valence-corrected chi connectivity index (χ2v) is 2.95. The lowest BCUT2D eigenvalue weighted by Gasteiger charge is -2.12. The highest BCUT2D eigenvalue weighted by Gasteiger charge is 2.13. The minimum Gasteiger partial charge on any atom is -0.466 e. The number of ether oxygens (including phenoxy) is 1. The van der Waals surface area contributed by atoms with Gasteiger partial charge in [0.2, 0.25) is 0 Å². The van der Waals surface area contributed by atoms with Gasteiger partial charge in [-0.25, -0.2) is 0 Å². The predicted octanol–water partition coefficient (Wildman–Crippen LogP) is 0.797. The Morgan fingerprint density at radius 2 is 2.23 bits per heavy atom. The van der Waals surface area contributed by atoms with Crippen LogP contribution in [0.3, 0.4) is 0 Å². The molecular weight excluding hydrogens is 166 g/mol. The minimum absolute atomic E-state index is 0.00289. The van der Waals surface area contributed by atoms with Crippen LogP contribution in [0.1, 0.15) is 20.8 Å². The molecule has 0 fully saturated rings. The average molecular weight is 183 g/mol. The lowest BCUT2D eigenvalue weighted by atomic mass is 10.2. The van der Waals surface area contributed by atoms with Gasteiger partial charge in [0.05, 0.1) is 18.6 Å². The Hall–Kier alpha value is -1.01. The van der Waals surface area contributed by atoms with Gasteiger partial charge >= 0.3 is 5.97 Å². The van der Waals surface area contributed by atoms with Crippen molar-refractivity contribution in [3.63, 3.8) is 0 Å². The molecule has 1 N–H and O–H groups in total. The quantitative estimate of drug-likeness (QED) is 0.506. The van der Waals surface area contributed by atoms with Crippen molar-refractivity contribution in [2.45, 2.75) is 26.8 Å². The summed E-state index contributed by atoms with van der Waals surface area (Å²) >= 11 is 0. The zero-order valence-corrected chi connectivity index (χ0v) is 8.46. The fourth-order valence-electron chi connectivity index (χ4n) is 0.780. The van der Waals surface area contributed by atoms with Gasteiger partial charge in [-0.2, -0.15) is 0 Å². The van der Waals surface area contributed by atoms with Crippen molar-refractivity contribution in [2.75, 3.05) is 13.2 Å². The normalized spacial score (nSPS) is 14.3. The van der Waals surface area contributed by atoms with Crippen LogP contribution in [0.15, 0.2) is 0 Å². The molecule has 0 aromatic heterocycles. The van der Waals surface area contributed by atoms with E-state index in [-0.39, 0.29) is 17.9 Å². The van der Waals surface area contributed by atoms with Crippen LogP contribution in [0, 0.1) is 18.3 Å². The van der Waals surface area contributed by atoms with E-state index in [9.17, 15) is 4.79 Å². The molecule has 13 heavy (non-hydrogen) atoms. The highest BCUT2D eigenvalue weighted by Crippen LogP contribution is 1.97. The van der Waals surface area contributed by atoms with Crippen LogP contribution in [-0.4, -0.2) is 25.2 Å². The van der Waals surface area contributed by atoms with E-state index in [1.807, 2.05) is 13.8 Å². The fraction of sp³-hybridized carbons (Fsp3) is 0.700. The van der Waals surface area contributed by atoms with E-state index in [1.54, 1.807) is 6.92 Å². The number of hydrogen-bond donors (Lipinski definition) is 1. The molecule has 3 heteroatoms. The topological polar surface area (TPSA) is 38.3 Å². The molecule has 0 radical (unpaired) electrons. The van der Waals surface area contributed by atoms with Crippen LogP contribution in [0.2, 0.25) is 0 Å². The van der Waals surface area contributed by atoms with Gasteiger partial charge in [0.25, 0.3) is 0 Å². The number of hydrogen-bond acceptors (Lipinski definition) is 3. The van der Waals surface area contributed by atoms with Gasteiger partial charge in [-0.15, -0.1) is 6.42 Å². The summed E-state index contributed by atoms with van der Waals surface area (Å²) in [6.07, 6.45) is 5.16. The molecule has 0 rings (SSSR count). The molecule has 0 aliphatic carbocycles. The smallest absolute Gasteiger partial charge is 0.309 e. The number of nitrogens with one attached hydrogen (secondary N) is 1. The first-order valence-electron chi connectivity index (χ1n) is 4.48. The molecule has 0 bridgehead atoms. The summed E-state index contributed by atoms with van der Waals surface area (Å²) in [5, 5.41) is 3.03. The lowest BCUT2D eigenvalue weighted by molar-refractivity contribution is -0.147. The van der Waals surface area contributed by atoms with Crippen molar-refractivity contribution < 1.29 is 9.53 Å². The molecule has 0 aromatic carbocycles. The molecule has 74 valence electrons. The summed E-state index contributed by atoms with van der Waals surface area (Å²) in [6, 6.07) is -0.00289. The number of rotatable bonds is 5. The highest BCUT2D eigenvalue weighted by molar-refractivity contribution is 5.72. The van der Waals surface area contributed by atoms with Gasteiger partial charge in [0.15, 0.2) is 0 Å². The molecular formula is C10H17NO2. The van der Waals surface area contributed by atoms with E-state index in [1.165, 1.54) is 0 Å². The van der Waals surface area contributed by atoms with Crippen LogP contribution >= 0.6 is 0 Å². The first-order valence-corrected chi connectivity index (χ1v) is 4.48. The minimum atomic E-state index is -0.181. The maximum Gasteiger partial charge on any atom is 0.309 e. The number of carbonyl (C=O) groups excluding carboxylic acids is 1. The van der Waals surface area contributed by atoms with E-state index in [4.69, 9.17) is 11.2 Å². The third-order valence-electron chi connectivity index (χ3n) is 1.67. The Morgan fingerprint density at radius 3 is 2.69 bits per heavy atom. The van der Waals surface area contributed by atoms with Crippen LogP contribution in [0.5, 0.6) is 0 Å². The molecule has 2 atom stereocenters. The molecule has 0 aliphatic heterocycles. The summed E-state index contributed by atoms with van der Waals surface area (Å²) in [6.45, 7) is 6.46. The Bertz CT molecular complexity index is 196. The SMILES string of the molecule is C#CC(C)NCC(C)C(=O)OCC. The Balaban J connectivity index is 3.68. The maximum absolute atomic E-state index is 11.1. The zero-order chi connectivity index (χ0) is 10.3. The average Bonchev–Trinajstić information content (AvgIpc) is 2.13. The summed E-state index contributed by atoms with van der Waals surface area (Å²) in [5.41, 5.74) is 0. The van der Waals surface area contributed by atoms with Crippen molar-refractivity contribution in [3.8, 4) is 12.3 Å². The number of terminal acetylenes is 1. The van der Waals surface area contributed by atoms with Crippen LogP contribution in [0.4, 0.5) is 0 Å². The van der Waals surface area contributed by atoms with E-state index < -0.39 is 0 Å². The molecule has 0 saturated heterocycles.